The molecule has 2 heterocycles. The number of hydrogen-bond donors (Lipinski definition) is 0. The first kappa shape index (κ1) is 23.8. The molecule has 5 rings (SSSR count). The molecule has 2 aliphatic heterocycles. The fourth-order valence-corrected chi connectivity index (χ4v) is 4.71. The topological polar surface area (TPSA) is 68.3 Å². The first-order valence-corrected chi connectivity index (χ1v) is 12.1. The number of para-hydroxylation sites is 1. The Labute approximate surface area is 208 Å². The number of fused-ring (bicyclic) bond motifs is 1. The molecule has 0 aliphatic carbocycles. The Bertz CT molecular complexity index is 1250. The number of nitrogens with zero attached hydrogens (tertiary/aromatic N) is 2. The Morgan fingerprint density at radius 3 is 2.31 bits per heavy atom. The summed E-state index contributed by atoms with van der Waals surface area (Å²) in [6.07, 6.45) is -0.162. The molecule has 0 spiro atoms. The molecule has 3 aromatic rings. The van der Waals surface area contributed by atoms with Gasteiger partial charge < -0.3 is 9.47 Å². The summed E-state index contributed by atoms with van der Waals surface area (Å²) in [7, 11) is 0. The maximum Gasteiger partial charge on any atom is 0.266 e. The second kappa shape index (κ2) is 9.99. The molecule has 3 atom stereocenters. The standard InChI is InChI=1S/C28H27FN2O5/c1-3-16-35-22-15-10-18(17-23(22)34-4-2)25-24-26(36-31(25)21-8-6-5-7-9-21)28(33)30(27(24)32)20-13-11-19(29)12-14-20/h5-15,17,24-26H,3-4,16H2,1-2H3/t24-,25+,26+/m0/s1. The molecule has 0 aromatic heterocycles. The summed E-state index contributed by atoms with van der Waals surface area (Å²) in [6.45, 7) is 4.91. The van der Waals surface area contributed by atoms with E-state index in [4.69, 9.17) is 14.3 Å². The van der Waals surface area contributed by atoms with E-state index in [1.54, 1.807) is 5.06 Å². The molecule has 186 valence electrons. The van der Waals surface area contributed by atoms with Crippen molar-refractivity contribution < 1.29 is 28.3 Å². The van der Waals surface area contributed by atoms with Gasteiger partial charge in [-0.05, 0) is 67.4 Å². The number of hydrogen-bond acceptors (Lipinski definition) is 6. The van der Waals surface area contributed by atoms with Crippen molar-refractivity contribution in [2.24, 2.45) is 5.92 Å². The number of rotatable bonds is 8. The highest BCUT2D eigenvalue weighted by atomic mass is 19.1. The molecular formula is C28H27FN2O5. The molecule has 7 nitrogen and oxygen atoms in total. The van der Waals surface area contributed by atoms with E-state index in [9.17, 15) is 14.0 Å². The van der Waals surface area contributed by atoms with E-state index in [1.165, 1.54) is 24.3 Å². The molecular weight excluding hydrogens is 463 g/mol. The summed E-state index contributed by atoms with van der Waals surface area (Å²) in [4.78, 5) is 34.4. The Morgan fingerprint density at radius 1 is 0.861 bits per heavy atom. The number of imide groups is 1. The number of halogens is 1. The van der Waals surface area contributed by atoms with Gasteiger partial charge in [0.2, 0.25) is 5.91 Å². The third-order valence-electron chi connectivity index (χ3n) is 6.28. The van der Waals surface area contributed by atoms with Gasteiger partial charge in [-0.15, -0.1) is 0 Å². The van der Waals surface area contributed by atoms with E-state index in [-0.39, 0.29) is 0 Å². The van der Waals surface area contributed by atoms with Gasteiger partial charge >= 0.3 is 0 Å². The summed E-state index contributed by atoms with van der Waals surface area (Å²) in [5, 5.41) is 1.63. The minimum absolute atomic E-state index is 0.313. The molecule has 0 N–H and O–H groups in total. The van der Waals surface area contributed by atoms with Gasteiger partial charge in [0, 0.05) is 0 Å². The van der Waals surface area contributed by atoms with Gasteiger partial charge in [0.1, 0.15) is 11.7 Å². The van der Waals surface area contributed by atoms with Crippen LogP contribution in [0.4, 0.5) is 15.8 Å². The predicted molar refractivity (Wildman–Crippen MR) is 132 cm³/mol. The highest BCUT2D eigenvalue weighted by Gasteiger charge is 2.60. The van der Waals surface area contributed by atoms with Crippen molar-refractivity contribution in [1.82, 2.24) is 0 Å². The molecule has 0 unspecified atom stereocenters. The molecule has 8 heteroatoms. The van der Waals surface area contributed by atoms with Crippen LogP contribution in [0.5, 0.6) is 11.5 Å². The first-order chi connectivity index (χ1) is 17.5. The van der Waals surface area contributed by atoms with Crippen LogP contribution in [-0.2, 0) is 14.4 Å². The van der Waals surface area contributed by atoms with Crippen LogP contribution in [-0.4, -0.2) is 31.1 Å². The molecule has 0 saturated carbocycles. The largest absolute Gasteiger partial charge is 0.490 e. The zero-order chi connectivity index (χ0) is 25.2. The van der Waals surface area contributed by atoms with Crippen LogP contribution in [0.25, 0.3) is 0 Å². The summed E-state index contributed by atoms with van der Waals surface area (Å²) < 4.78 is 25.2. The number of anilines is 2. The lowest BCUT2D eigenvalue weighted by Crippen LogP contribution is -2.37. The number of carbonyl (C=O) groups is 2. The predicted octanol–water partition coefficient (Wildman–Crippen LogP) is 5.06. The van der Waals surface area contributed by atoms with Crippen LogP contribution in [0.15, 0.2) is 72.8 Å². The molecule has 0 bridgehead atoms. The van der Waals surface area contributed by atoms with Crippen LogP contribution in [0, 0.1) is 11.7 Å². The highest BCUT2D eigenvalue weighted by Crippen LogP contribution is 2.48. The Balaban J connectivity index is 1.57. The lowest BCUT2D eigenvalue weighted by atomic mass is 9.90. The van der Waals surface area contributed by atoms with E-state index in [2.05, 4.69) is 0 Å². The van der Waals surface area contributed by atoms with Crippen molar-refractivity contribution in [3.05, 3.63) is 84.2 Å². The van der Waals surface area contributed by atoms with E-state index in [0.29, 0.717) is 30.4 Å². The van der Waals surface area contributed by atoms with E-state index < -0.39 is 35.7 Å². The normalized spacial score (nSPS) is 21.1. The zero-order valence-corrected chi connectivity index (χ0v) is 20.1. The van der Waals surface area contributed by atoms with Gasteiger partial charge in [0.15, 0.2) is 17.6 Å². The van der Waals surface area contributed by atoms with Gasteiger partial charge in [0.05, 0.1) is 30.6 Å². The Morgan fingerprint density at radius 2 is 1.61 bits per heavy atom. The van der Waals surface area contributed by atoms with Crippen LogP contribution >= 0.6 is 0 Å². The molecule has 0 radical (unpaired) electrons. The van der Waals surface area contributed by atoms with Crippen molar-refractivity contribution in [3.8, 4) is 11.5 Å². The number of carbonyl (C=O) groups excluding carboxylic acids is 2. The minimum Gasteiger partial charge on any atom is -0.490 e. The molecule has 2 amide bonds. The summed E-state index contributed by atoms with van der Waals surface area (Å²) >= 11 is 0. The first-order valence-electron chi connectivity index (χ1n) is 12.1. The van der Waals surface area contributed by atoms with Crippen LogP contribution < -0.4 is 19.4 Å². The molecule has 36 heavy (non-hydrogen) atoms. The molecule has 2 fully saturated rings. The maximum absolute atomic E-state index is 13.7. The number of hydroxylamine groups is 1. The monoisotopic (exact) mass is 490 g/mol. The van der Waals surface area contributed by atoms with Crippen molar-refractivity contribution >= 4 is 23.2 Å². The highest BCUT2D eigenvalue weighted by molar-refractivity contribution is 6.23. The average molecular weight is 491 g/mol. The van der Waals surface area contributed by atoms with Gasteiger partial charge in [-0.25, -0.2) is 14.4 Å². The number of ether oxygens (including phenoxy) is 2. The van der Waals surface area contributed by atoms with Crippen molar-refractivity contribution in [2.45, 2.75) is 32.4 Å². The van der Waals surface area contributed by atoms with E-state index in [0.717, 1.165) is 22.6 Å². The van der Waals surface area contributed by atoms with Crippen LogP contribution in [0.2, 0.25) is 0 Å². The fraction of sp³-hybridized carbons (Fsp3) is 0.286. The second-order valence-electron chi connectivity index (χ2n) is 8.63. The van der Waals surface area contributed by atoms with Gasteiger partial charge in [-0.1, -0.05) is 31.2 Å². The van der Waals surface area contributed by atoms with Gasteiger partial charge in [0.25, 0.3) is 5.91 Å². The SMILES string of the molecule is CCCOc1ccc([C@@H]2[C@@H]3C(=O)N(c4ccc(F)cc4)C(=O)[C@@H]3ON2c2ccccc2)cc1OCC. The lowest BCUT2D eigenvalue weighted by Gasteiger charge is -2.29. The van der Waals surface area contributed by atoms with Crippen molar-refractivity contribution in [2.75, 3.05) is 23.2 Å². The van der Waals surface area contributed by atoms with E-state index in [1.807, 2.05) is 62.4 Å². The van der Waals surface area contributed by atoms with Crippen molar-refractivity contribution in [1.29, 1.82) is 0 Å². The third kappa shape index (κ3) is 4.18. The minimum atomic E-state index is -1.01. The lowest BCUT2D eigenvalue weighted by molar-refractivity contribution is -0.126. The second-order valence-corrected chi connectivity index (χ2v) is 8.63. The summed E-state index contributed by atoms with van der Waals surface area (Å²) in [5.41, 5.74) is 1.78. The smallest absolute Gasteiger partial charge is 0.266 e. The maximum atomic E-state index is 13.7. The molecule has 2 saturated heterocycles. The van der Waals surface area contributed by atoms with Crippen LogP contribution in [0.3, 0.4) is 0 Å². The van der Waals surface area contributed by atoms with Gasteiger partial charge in [-0.3, -0.25) is 14.4 Å². The van der Waals surface area contributed by atoms with Crippen LogP contribution in [0.1, 0.15) is 31.9 Å². The molecule has 3 aromatic carbocycles. The van der Waals surface area contributed by atoms with E-state index >= 15 is 0 Å². The average Bonchev–Trinajstić information content (AvgIpc) is 3.40. The molecule has 2 aliphatic rings. The Hall–Kier alpha value is -3.91. The van der Waals surface area contributed by atoms with Crippen molar-refractivity contribution in [3.63, 3.8) is 0 Å². The Kier molecular flexibility index (Phi) is 6.61. The third-order valence-corrected chi connectivity index (χ3v) is 6.28. The fourth-order valence-electron chi connectivity index (χ4n) is 4.71. The summed E-state index contributed by atoms with van der Waals surface area (Å²) in [6, 6.07) is 19.6. The quantitative estimate of drug-likeness (QED) is 0.411. The van der Waals surface area contributed by atoms with Gasteiger partial charge in [-0.2, -0.15) is 0 Å². The summed E-state index contributed by atoms with van der Waals surface area (Å²) in [5.74, 6) is -0.953. The number of benzene rings is 3. The number of amides is 2. The zero-order valence-electron chi connectivity index (χ0n) is 20.1.